The van der Waals surface area contributed by atoms with Crippen molar-refractivity contribution in [2.24, 2.45) is 0 Å². The summed E-state index contributed by atoms with van der Waals surface area (Å²) in [6.07, 6.45) is 0. The van der Waals surface area contributed by atoms with E-state index >= 15 is 0 Å². The molecule has 3 nitrogen and oxygen atoms in total. The number of carbonyl (C=O) groups excluding carboxylic acids is 1. The molecule has 1 aliphatic rings. The number of para-hydroxylation sites is 1. The first-order valence-electron chi connectivity index (χ1n) is 7.35. The van der Waals surface area contributed by atoms with E-state index in [9.17, 15) is 4.79 Å². The van der Waals surface area contributed by atoms with E-state index < -0.39 is 0 Å². The van der Waals surface area contributed by atoms with Crippen LogP contribution < -0.4 is 10.6 Å². The van der Waals surface area contributed by atoms with Gasteiger partial charge in [0.05, 0.1) is 12.0 Å². The highest BCUT2D eigenvalue weighted by Crippen LogP contribution is 2.31. The van der Waals surface area contributed by atoms with Crippen LogP contribution in [0.25, 0.3) is 0 Å². The molecule has 0 aliphatic carbocycles. The van der Waals surface area contributed by atoms with Gasteiger partial charge in [-0.15, -0.1) is 0 Å². The summed E-state index contributed by atoms with van der Waals surface area (Å²) in [6, 6.07) is 16.3. The fourth-order valence-electron chi connectivity index (χ4n) is 2.77. The number of hydrogen-bond acceptors (Lipinski definition) is 2. The Hall–Kier alpha value is -2.29. The van der Waals surface area contributed by atoms with E-state index in [2.05, 4.69) is 41.8 Å². The van der Waals surface area contributed by atoms with Crippen LogP contribution in [0.1, 0.15) is 35.6 Å². The van der Waals surface area contributed by atoms with Gasteiger partial charge in [0.2, 0.25) is 5.91 Å². The molecule has 0 fully saturated rings. The summed E-state index contributed by atoms with van der Waals surface area (Å²) in [5, 5.41) is 6.41. The second kappa shape index (κ2) is 5.60. The zero-order valence-electron chi connectivity index (χ0n) is 12.4. The van der Waals surface area contributed by atoms with Gasteiger partial charge in [-0.25, -0.2) is 0 Å². The van der Waals surface area contributed by atoms with Gasteiger partial charge in [-0.05, 0) is 31.0 Å². The zero-order chi connectivity index (χ0) is 14.8. The van der Waals surface area contributed by atoms with Gasteiger partial charge in [0.15, 0.2) is 0 Å². The van der Waals surface area contributed by atoms with Crippen LogP contribution in [-0.2, 0) is 4.79 Å². The minimum atomic E-state index is -0.103. The number of rotatable bonds is 3. The Labute approximate surface area is 125 Å². The van der Waals surface area contributed by atoms with E-state index in [1.54, 1.807) is 0 Å². The first-order chi connectivity index (χ1) is 10.1. The highest BCUT2D eigenvalue weighted by Gasteiger charge is 2.28. The Morgan fingerprint density at radius 3 is 2.67 bits per heavy atom. The molecule has 1 amide bonds. The number of hydrogen-bond donors (Lipinski definition) is 2. The average molecular weight is 280 g/mol. The predicted molar refractivity (Wildman–Crippen MR) is 85.4 cm³/mol. The second-order valence-electron chi connectivity index (χ2n) is 5.66. The molecule has 3 rings (SSSR count). The van der Waals surface area contributed by atoms with Crippen LogP contribution >= 0.6 is 0 Å². The van der Waals surface area contributed by atoms with E-state index in [0.29, 0.717) is 6.54 Å². The van der Waals surface area contributed by atoms with Crippen molar-refractivity contribution in [1.29, 1.82) is 0 Å². The SMILES string of the molecule is Cc1ccc([C@H](C)NC(=O)C2CNc3ccccc32)cc1. The third-order valence-electron chi connectivity index (χ3n) is 4.09. The lowest BCUT2D eigenvalue weighted by Gasteiger charge is -2.18. The molecule has 0 radical (unpaired) electrons. The fourth-order valence-corrected chi connectivity index (χ4v) is 2.77. The molecule has 1 aliphatic heterocycles. The van der Waals surface area contributed by atoms with Gasteiger partial charge >= 0.3 is 0 Å². The van der Waals surface area contributed by atoms with E-state index in [4.69, 9.17) is 0 Å². The molecule has 2 N–H and O–H groups in total. The molecule has 1 heterocycles. The average Bonchev–Trinajstić information content (AvgIpc) is 2.92. The molecule has 3 heteroatoms. The first kappa shape index (κ1) is 13.7. The molecule has 0 aromatic heterocycles. The third-order valence-corrected chi connectivity index (χ3v) is 4.09. The second-order valence-corrected chi connectivity index (χ2v) is 5.66. The minimum Gasteiger partial charge on any atom is -0.384 e. The number of carbonyl (C=O) groups is 1. The van der Waals surface area contributed by atoms with Crippen molar-refractivity contribution < 1.29 is 4.79 Å². The minimum absolute atomic E-state index is 0.0193. The summed E-state index contributed by atoms with van der Waals surface area (Å²) >= 11 is 0. The standard InChI is InChI=1S/C18H20N2O/c1-12-7-9-14(10-8-12)13(2)20-18(21)16-11-19-17-6-4-3-5-15(16)17/h3-10,13,16,19H,11H2,1-2H3,(H,20,21)/t13-,16?/m0/s1. The molecule has 0 bridgehead atoms. The van der Waals surface area contributed by atoms with Gasteiger partial charge in [0.1, 0.15) is 0 Å². The monoisotopic (exact) mass is 280 g/mol. The number of benzene rings is 2. The van der Waals surface area contributed by atoms with Gasteiger partial charge in [-0.1, -0.05) is 48.0 Å². The lowest BCUT2D eigenvalue weighted by Crippen LogP contribution is -2.32. The van der Waals surface area contributed by atoms with Crippen LogP contribution in [0.5, 0.6) is 0 Å². The molecule has 108 valence electrons. The molecule has 0 saturated carbocycles. The van der Waals surface area contributed by atoms with Gasteiger partial charge in [-0.3, -0.25) is 4.79 Å². The van der Waals surface area contributed by atoms with Crippen molar-refractivity contribution in [2.45, 2.75) is 25.8 Å². The van der Waals surface area contributed by atoms with E-state index in [1.165, 1.54) is 5.56 Å². The van der Waals surface area contributed by atoms with Gasteiger partial charge in [-0.2, -0.15) is 0 Å². The maximum Gasteiger partial charge on any atom is 0.229 e. The van der Waals surface area contributed by atoms with E-state index in [1.807, 2.05) is 31.2 Å². The Balaban J connectivity index is 1.71. The Morgan fingerprint density at radius 1 is 1.19 bits per heavy atom. The van der Waals surface area contributed by atoms with Crippen LogP contribution in [0.15, 0.2) is 48.5 Å². The molecular formula is C18H20N2O. The summed E-state index contributed by atoms with van der Waals surface area (Å²) in [7, 11) is 0. The summed E-state index contributed by atoms with van der Waals surface area (Å²) < 4.78 is 0. The maximum absolute atomic E-state index is 12.5. The molecule has 2 aromatic carbocycles. The molecule has 0 saturated heterocycles. The van der Waals surface area contributed by atoms with Crippen LogP contribution in [0.3, 0.4) is 0 Å². The van der Waals surface area contributed by atoms with Crippen LogP contribution in [0.2, 0.25) is 0 Å². The Bertz CT molecular complexity index is 649. The van der Waals surface area contributed by atoms with Gasteiger partial charge in [0, 0.05) is 12.2 Å². The van der Waals surface area contributed by atoms with Gasteiger partial charge in [0.25, 0.3) is 0 Å². The largest absolute Gasteiger partial charge is 0.384 e. The first-order valence-corrected chi connectivity index (χ1v) is 7.35. The smallest absolute Gasteiger partial charge is 0.229 e. The normalized spacial score (nSPS) is 17.7. The lowest BCUT2D eigenvalue weighted by atomic mass is 9.99. The summed E-state index contributed by atoms with van der Waals surface area (Å²) in [4.78, 5) is 12.5. The van der Waals surface area contributed by atoms with Crippen LogP contribution in [0.4, 0.5) is 5.69 Å². The Kier molecular flexibility index (Phi) is 3.65. The van der Waals surface area contributed by atoms with Crippen LogP contribution in [-0.4, -0.2) is 12.5 Å². The molecule has 2 atom stereocenters. The Morgan fingerprint density at radius 2 is 1.90 bits per heavy atom. The number of fused-ring (bicyclic) bond motifs is 1. The van der Waals surface area contributed by atoms with Crippen molar-refractivity contribution in [3.63, 3.8) is 0 Å². The molecule has 0 spiro atoms. The number of nitrogens with one attached hydrogen (secondary N) is 2. The van der Waals surface area contributed by atoms with E-state index in [-0.39, 0.29) is 17.9 Å². The quantitative estimate of drug-likeness (QED) is 0.905. The summed E-state index contributed by atoms with van der Waals surface area (Å²) in [5.74, 6) is -0.0189. The summed E-state index contributed by atoms with van der Waals surface area (Å²) in [5.41, 5.74) is 4.52. The molecule has 2 aromatic rings. The molecular weight excluding hydrogens is 260 g/mol. The highest BCUT2D eigenvalue weighted by molar-refractivity contribution is 5.88. The van der Waals surface area contributed by atoms with E-state index in [0.717, 1.165) is 16.8 Å². The van der Waals surface area contributed by atoms with Crippen LogP contribution in [0, 0.1) is 6.92 Å². The predicted octanol–water partition coefficient (Wildman–Crippen LogP) is 3.38. The third kappa shape index (κ3) is 2.77. The number of amides is 1. The van der Waals surface area contributed by atoms with Crippen molar-refractivity contribution >= 4 is 11.6 Å². The summed E-state index contributed by atoms with van der Waals surface area (Å²) in [6.45, 7) is 4.76. The number of aryl methyl sites for hydroxylation is 1. The van der Waals surface area contributed by atoms with Gasteiger partial charge < -0.3 is 10.6 Å². The fraction of sp³-hybridized carbons (Fsp3) is 0.278. The van der Waals surface area contributed by atoms with Crippen molar-refractivity contribution in [3.05, 3.63) is 65.2 Å². The van der Waals surface area contributed by atoms with Crippen molar-refractivity contribution in [1.82, 2.24) is 5.32 Å². The van der Waals surface area contributed by atoms with Crippen molar-refractivity contribution in [2.75, 3.05) is 11.9 Å². The van der Waals surface area contributed by atoms with Crippen molar-refractivity contribution in [3.8, 4) is 0 Å². The molecule has 21 heavy (non-hydrogen) atoms. The maximum atomic E-state index is 12.5. The highest BCUT2D eigenvalue weighted by atomic mass is 16.2. The number of anilines is 1. The molecule has 1 unspecified atom stereocenters. The lowest BCUT2D eigenvalue weighted by molar-refractivity contribution is -0.122. The zero-order valence-corrected chi connectivity index (χ0v) is 12.4. The topological polar surface area (TPSA) is 41.1 Å².